The number of aliphatic hydroxyl groups excluding tert-OH is 1. The number of hydrogen-bond donors (Lipinski definition) is 3. The summed E-state index contributed by atoms with van der Waals surface area (Å²) >= 11 is 0. The maximum Gasteiger partial charge on any atom is 0.225 e. The number of nitrogens with one attached hydrogen (secondary N) is 1. The number of aromatic nitrogens is 4. The van der Waals surface area contributed by atoms with Gasteiger partial charge in [-0.3, -0.25) is 9.36 Å². The number of ether oxygens (including phenoxy) is 3. The van der Waals surface area contributed by atoms with Gasteiger partial charge in [0.25, 0.3) is 0 Å². The molecule has 1 amide bonds. The Balaban J connectivity index is 1.29. The van der Waals surface area contributed by atoms with Crippen LogP contribution in [0.4, 0.5) is 5.82 Å². The minimum atomic E-state index is -0.821. The molecule has 13 heteroatoms. The highest BCUT2D eigenvalue weighted by atomic mass is 16.8. The topological polar surface area (TPSA) is 171 Å². The zero-order chi connectivity index (χ0) is 25.5. The van der Waals surface area contributed by atoms with Crippen molar-refractivity contribution in [1.82, 2.24) is 24.8 Å². The summed E-state index contributed by atoms with van der Waals surface area (Å²) in [6.45, 7) is 3.47. The number of carbonyl (C=O) groups is 1. The lowest BCUT2D eigenvalue weighted by atomic mass is 10.0. The van der Waals surface area contributed by atoms with Crippen LogP contribution in [0.3, 0.4) is 0 Å². The van der Waals surface area contributed by atoms with E-state index in [1.807, 2.05) is 0 Å². The van der Waals surface area contributed by atoms with Crippen molar-refractivity contribution in [3.05, 3.63) is 12.2 Å². The second-order valence-electron chi connectivity index (χ2n) is 9.21. The third-order valence-electron chi connectivity index (χ3n) is 6.10. The predicted molar refractivity (Wildman–Crippen MR) is 125 cm³/mol. The summed E-state index contributed by atoms with van der Waals surface area (Å²) in [5.41, 5.74) is 6.20. The van der Waals surface area contributed by atoms with E-state index in [0.29, 0.717) is 24.0 Å². The van der Waals surface area contributed by atoms with Crippen LogP contribution in [0.1, 0.15) is 45.2 Å². The fraction of sp³-hybridized carbons (Fsp3) is 0.565. The van der Waals surface area contributed by atoms with Gasteiger partial charge in [-0.15, -0.1) is 12.3 Å². The summed E-state index contributed by atoms with van der Waals surface area (Å²) in [4.78, 5) is 25.2. The molecule has 5 rings (SSSR count). The van der Waals surface area contributed by atoms with Gasteiger partial charge in [-0.2, -0.15) is 10.2 Å². The monoisotopic (exact) mass is 494 g/mol. The van der Waals surface area contributed by atoms with Crippen LogP contribution in [-0.2, 0) is 19.0 Å². The van der Waals surface area contributed by atoms with Crippen LogP contribution < -0.4 is 11.1 Å². The summed E-state index contributed by atoms with van der Waals surface area (Å²) in [5, 5.41) is 20.4. The van der Waals surface area contributed by atoms with Crippen LogP contribution >= 0.6 is 0 Å². The number of imidazole rings is 1. The minimum Gasteiger partial charge on any atom is -0.394 e. The quantitative estimate of drug-likeness (QED) is 0.456. The Labute approximate surface area is 206 Å². The molecular formula is C23H26N8O5. The number of anilines is 1. The molecule has 0 bridgehead atoms. The Morgan fingerprint density at radius 1 is 1.31 bits per heavy atom. The van der Waals surface area contributed by atoms with Crippen LogP contribution in [0, 0.1) is 24.2 Å². The Kier molecular flexibility index (Phi) is 6.10. The average Bonchev–Trinajstić information content (AvgIpc) is 3.15. The van der Waals surface area contributed by atoms with E-state index in [0.717, 1.165) is 0 Å². The van der Waals surface area contributed by atoms with Gasteiger partial charge in [0, 0.05) is 12.8 Å². The van der Waals surface area contributed by atoms with E-state index < -0.39 is 36.0 Å². The number of nitrogens with two attached hydrogens (primary N) is 1. The van der Waals surface area contributed by atoms with Crippen molar-refractivity contribution in [2.75, 3.05) is 18.9 Å². The number of nitrogens with zero attached hydrogens (tertiary/aromatic N) is 6. The lowest BCUT2D eigenvalue weighted by molar-refractivity contribution is -0.199. The molecule has 188 valence electrons. The first-order chi connectivity index (χ1) is 17.2. The molecule has 5 heterocycles. The molecule has 0 saturated carbocycles. The molecule has 2 fully saturated rings. The van der Waals surface area contributed by atoms with Crippen molar-refractivity contribution in [2.45, 2.75) is 69.1 Å². The van der Waals surface area contributed by atoms with Crippen molar-refractivity contribution in [1.29, 1.82) is 0 Å². The largest absolute Gasteiger partial charge is 0.394 e. The van der Waals surface area contributed by atoms with Crippen LogP contribution in [0.25, 0.3) is 11.2 Å². The zero-order valence-electron chi connectivity index (χ0n) is 19.8. The Morgan fingerprint density at radius 2 is 2.08 bits per heavy atom. The second-order valence-corrected chi connectivity index (χ2v) is 9.21. The van der Waals surface area contributed by atoms with E-state index in [1.165, 1.54) is 6.33 Å². The van der Waals surface area contributed by atoms with Gasteiger partial charge in [0.05, 0.1) is 25.9 Å². The third kappa shape index (κ3) is 4.62. The molecule has 4 atom stereocenters. The van der Waals surface area contributed by atoms with Crippen molar-refractivity contribution < 1.29 is 24.1 Å². The molecule has 4 N–H and O–H groups in total. The van der Waals surface area contributed by atoms with Gasteiger partial charge >= 0.3 is 0 Å². The van der Waals surface area contributed by atoms with Crippen molar-refractivity contribution in [3.8, 4) is 24.2 Å². The number of aliphatic hydroxyl groups is 1. The first kappa shape index (κ1) is 24.1. The Bertz CT molecular complexity index is 1310. The zero-order valence-corrected chi connectivity index (χ0v) is 19.8. The highest BCUT2D eigenvalue weighted by Crippen LogP contribution is 2.43. The van der Waals surface area contributed by atoms with Crippen LogP contribution in [-0.4, -0.2) is 73.4 Å². The maximum absolute atomic E-state index is 12.2. The van der Waals surface area contributed by atoms with Gasteiger partial charge in [0.2, 0.25) is 17.4 Å². The maximum atomic E-state index is 12.2. The fourth-order valence-electron chi connectivity index (χ4n) is 4.40. The number of carbonyl (C=O) groups excluding carboxylic acids is 1. The Hall–Kier alpha value is -3.62. The summed E-state index contributed by atoms with van der Waals surface area (Å²) in [5.74, 6) is 7.43. The molecule has 36 heavy (non-hydrogen) atoms. The lowest BCUT2D eigenvalue weighted by Gasteiger charge is -2.24. The smallest absolute Gasteiger partial charge is 0.225 e. The number of rotatable bonds is 7. The third-order valence-corrected chi connectivity index (χ3v) is 6.10. The molecule has 0 aliphatic carbocycles. The number of terminal acetylenes is 1. The molecule has 0 spiro atoms. The summed E-state index contributed by atoms with van der Waals surface area (Å²) < 4.78 is 19.7. The number of fused-ring (bicyclic) bond motifs is 2. The van der Waals surface area contributed by atoms with Crippen molar-refractivity contribution in [3.63, 3.8) is 0 Å². The number of nitrogen functional groups attached to an aromatic ring is 1. The van der Waals surface area contributed by atoms with Crippen LogP contribution in [0.2, 0.25) is 0 Å². The fourth-order valence-corrected chi connectivity index (χ4v) is 4.40. The predicted octanol–water partition coefficient (Wildman–Crippen LogP) is 0.252. The number of hydrogen-bond acceptors (Lipinski definition) is 11. The molecule has 0 aromatic carbocycles. The van der Waals surface area contributed by atoms with E-state index >= 15 is 0 Å². The van der Waals surface area contributed by atoms with Gasteiger partial charge in [-0.1, -0.05) is 5.92 Å². The Morgan fingerprint density at radius 3 is 2.81 bits per heavy atom. The van der Waals surface area contributed by atoms with E-state index in [2.05, 4.69) is 48.3 Å². The summed E-state index contributed by atoms with van der Waals surface area (Å²) in [6, 6.07) is 0. The minimum absolute atomic E-state index is 0.0819. The van der Waals surface area contributed by atoms with Gasteiger partial charge in [-0.05, 0) is 19.8 Å². The molecular weight excluding hydrogens is 468 g/mol. The van der Waals surface area contributed by atoms with Gasteiger partial charge < -0.3 is 30.4 Å². The molecule has 13 nitrogen and oxygen atoms in total. The highest BCUT2D eigenvalue weighted by Gasteiger charge is 2.56. The molecule has 3 aliphatic rings. The van der Waals surface area contributed by atoms with E-state index in [-0.39, 0.29) is 37.1 Å². The second kappa shape index (κ2) is 9.11. The molecule has 2 saturated heterocycles. The summed E-state index contributed by atoms with van der Waals surface area (Å²) in [6.07, 6.45) is 5.84. The SMILES string of the molecule is C#CCCC1(CC(=O)NCC#Cc2nc(N)c3ncn([C@H]4O[C@@H](CO)[C@H]5OC(C)(C)O[C@H]54)c3n2)N=N1. The van der Waals surface area contributed by atoms with Gasteiger partial charge in [0.15, 0.2) is 23.5 Å². The average molecular weight is 495 g/mol. The van der Waals surface area contributed by atoms with E-state index in [9.17, 15) is 9.90 Å². The van der Waals surface area contributed by atoms with Crippen LogP contribution in [0.15, 0.2) is 16.6 Å². The molecule has 2 aromatic heterocycles. The van der Waals surface area contributed by atoms with E-state index in [4.69, 9.17) is 26.4 Å². The highest BCUT2D eigenvalue weighted by molar-refractivity contribution is 5.82. The number of amides is 1. The first-order valence-corrected chi connectivity index (χ1v) is 11.5. The standard InChI is InChI=1S/C23H26N8O5/c1-4-5-8-23(29-30-23)10-15(33)25-9-6-7-14-27-19(24)16-20(28-14)31(12-26-16)21-18-17(13(11-32)34-21)35-22(2,3)36-18/h1,12-13,17-18,21,32H,5,8-11H2,2-3H3,(H,25,33)(H2,24,27,28)/t13-,17+,18+,21-/m0/s1. The van der Waals surface area contributed by atoms with Crippen molar-refractivity contribution in [2.24, 2.45) is 10.2 Å². The first-order valence-electron chi connectivity index (χ1n) is 11.5. The molecule has 2 aromatic rings. The lowest BCUT2D eigenvalue weighted by Crippen LogP contribution is -2.31. The summed E-state index contributed by atoms with van der Waals surface area (Å²) in [7, 11) is 0. The van der Waals surface area contributed by atoms with Crippen molar-refractivity contribution >= 4 is 22.9 Å². The van der Waals surface area contributed by atoms with E-state index in [1.54, 1.807) is 18.4 Å². The molecule has 3 aliphatic heterocycles. The molecule has 0 unspecified atom stereocenters. The van der Waals surface area contributed by atoms with Gasteiger partial charge in [-0.25, -0.2) is 15.0 Å². The molecule has 0 radical (unpaired) electrons. The van der Waals surface area contributed by atoms with Crippen LogP contribution in [0.5, 0.6) is 0 Å². The van der Waals surface area contributed by atoms with Gasteiger partial charge in [0.1, 0.15) is 23.8 Å². The normalized spacial score (nSPS) is 26.7.